The predicted octanol–water partition coefficient (Wildman–Crippen LogP) is 3.35. The fraction of sp³-hybridized carbons (Fsp3) is 0.188. The van der Waals surface area contributed by atoms with Crippen LogP contribution in [0.5, 0.6) is 0 Å². The van der Waals surface area contributed by atoms with Crippen molar-refractivity contribution < 1.29 is 13.6 Å². The van der Waals surface area contributed by atoms with Gasteiger partial charge in [0.25, 0.3) is 5.91 Å². The Bertz CT molecular complexity index is 663. The Morgan fingerprint density at radius 3 is 2.57 bits per heavy atom. The number of carbonyl (C=O) groups excluding carboxylic acids is 1. The van der Waals surface area contributed by atoms with Crippen LogP contribution in [0.1, 0.15) is 34.5 Å². The van der Waals surface area contributed by atoms with Gasteiger partial charge in [0.05, 0.1) is 6.04 Å². The number of amides is 1. The Balaban J connectivity index is 2.18. The van der Waals surface area contributed by atoms with E-state index in [1.165, 1.54) is 18.2 Å². The van der Waals surface area contributed by atoms with Crippen molar-refractivity contribution in [3.63, 3.8) is 0 Å². The molecule has 3 N–H and O–H groups in total. The molecule has 1 unspecified atom stereocenters. The van der Waals surface area contributed by atoms with Gasteiger partial charge in [0.1, 0.15) is 11.6 Å². The minimum Gasteiger partial charge on any atom is -0.398 e. The molecular formula is C16H16F2N2O. The highest BCUT2D eigenvalue weighted by molar-refractivity contribution is 5.95. The molecule has 110 valence electrons. The molecule has 0 aliphatic carbocycles. The standard InChI is InChI=1S/C16H16F2N2O/c1-9-14(18)7-12(8-15(9)19)16(21)20-10(2)11-4-3-5-13(17)6-11/h3-8,10H,19H2,1-2H3,(H,20,21). The van der Waals surface area contributed by atoms with Gasteiger partial charge in [-0.25, -0.2) is 8.78 Å². The zero-order chi connectivity index (χ0) is 15.6. The molecule has 2 aromatic carbocycles. The van der Waals surface area contributed by atoms with Crippen molar-refractivity contribution in [3.05, 3.63) is 64.7 Å². The van der Waals surface area contributed by atoms with Crippen molar-refractivity contribution in [2.45, 2.75) is 19.9 Å². The lowest BCUT2D eigenvalue weighted by Gasteiger charge is -2.15. The number of hydrogen-bond acceptors (Lipinski definition) is 2. The van der Waals surface area contributed by atoms with Crippen molar-refractivity contribution in [3.8, 4) is 0 Å². The van der Waals surface area contributed by atoms with Gasteiger partial charge in [-0.15, -0.1) is 0 Å². The molecule has 1 amide bonds. The van der Waals surface area contributed by atoms with Gasteiger partial charge in [0.2, 0.25) is 0 Å². The third-order valence-corrected chi connectivity index (χ3v) is 3.34. The molecule has 2 rings (SSSR count). The molecule has 0 aliphatic rings. The van der Waals surface area contributed by atoms with E-state index >= 15 is 0 Å². The summed E-state index contributed by atoms with van der Waals surface area (Å²) in [5.41, 5.74) is 6.95. The predicted molar refractivity (Wildman–Crippen MR) is 77.8 cm³/mol. The van der Waals surface area contributed by atoms with Crippen molar-refractivity contribution in [1.82, 2.24) is 5.32 Å². The Labute approximate surface area is 121 Å². The monoisotopic (exact) mass is 290 g/mol. The van der Waals surface area contributed by atoms with E-state index in [-0.39, 0.29) is 17.1 Å². The van der Waals surface area contributed by atoms with Crippen LogP contribution in [0, 0.1) is 18.6 Å². The van der Waals surface area contributed by atoms with Gasteiger partial charge >= 0.3 is 0 Å². The molecular weight excluding hydrogens is 274 g/mol. The van der Waals surface area contributed by atoms with E-state index in [0.717, 1.165) is 6.07 Å². The van der Waals surface area contributed by atoms with Crippen molar-refractivity contribution in [1.29, 1.82) is 0 Å². The molecule has 0 aliphatic heterocycles. The lowest BCUT2D eigenvalue weighted by Crippen LogP contribution is -2.27. The van der Waals surface area contributed by atoms with Crippen LogP contribution in [0.2, 0.25) is 0 Å². The number of benzene rings is 2. The molecule has 0 radical (unpaired) electrons. The first-order valence-electron chi connectivity index (χ1n) is 6.50. The first-order valence-corrected chi connectivity index (χ1v) is 6.50. The zero-order valence-corrected chi connectivity index (χ0v) is 11.8. The normalized spacial score (nSPS) is 12.0. The summed E-state index contributed by atoms with van der Waals surface area (Å²) in [6, 6.07) is 8.10. The number of nitrogens with one attached hydrogen (secondary N) is 1. The smallest absolute Gasteiger partial charge is 0.251 e. The number of rotatable bonds is 3. The van der Waals surface area contributed by atoms with Crippen LogP contribution in [0.4, 0.5) is 14.5 Å². The van der Waals surface area contributed by atoms with Crippen LogP contribution in [-0.4, -0.2) is 5.91 Å². The molecule has 0 bridgehead atoms. The van der Waals surface area contributed by atoms with Gasteiger partial charge in [-0.1, -0.05) is 12.1 Å². The molecule has 0 spiro atoms. The number of hydrogen-bond donors (Lipinski definition) is 2. The maximum absolute atomic E-state index is 13.6. The molecule has 0 heterocycles. The lowest BCUT2D eigenvalue weighted by atomic mass is 10.1. The Hall–Kier alpha value is -2.43. The highest BCUT2D eigenvalue weighted by Crippen LogP contribution is 2.19. The van der Waals surface area contributed by atoms with Crippen LogP contribution in [0.3, 0.4) is 0 Å². The molecule has 0 aromatic heterocycles. The quantitative estimate of drug-likeness (QED) is 0.852. The fourth-order valence-corrected chi connectivity index (χ4v) is 1.97. The summed E-state index contributed by atoms with van der Waals surface area (Å²) >= 11 is 0. The second kappa shape index (κ2) is 5.91. The van der Waals surface area contributed by atoms with Gasteiger partial charge in [-0.3, -0.25) is 4.79 Å². The van der Waals surface area contributed by atoms with Crippen LogP contribution >= 0.6 is 0 Å². The van der Waals surface area contributed by atoms with Gasteiger partial charge in [-0.2, -0.15) is 0 Å². The third-order valence-electron chi connectivity index (χ3n) is 3.34. The average molecular weight is 290 g/mol. The van der Waals surface area contributed by atoms with Gasteiger partial charge < -0.3 is 11.1 Å². The van der Waals surface area contributed by atoms with Crippen molar-refractivity contribution in [2.75, 3.05) is 5.73 Å². The van der Waals surface area contributed by atoms with Gasteiger partial charge in [0.15, 0.2) is 0 Å². The summed E-state index contributed by atoms with van der Waals surface area (Å²) in [4.78, 5) is 12.1. The largest absolute Gasteiger partial charge is 0.398 e. The van der Waals surface area contributed by atoms with E-state index in [1.807, 2.05) is 0 Å². The molecule has 1 atom stereocenters. The summed E-state index contributed by atoms with van der Waals surface area (Å²) in [6.45, 7) is 3.27. The molecule has 0 saturated carbocycles. The van der Waals surface area contributed by atoms with Crippen molar-refractivity contribution in [2.24, 2.45) is 0 Å². The second-order valence-electron chi connectivity index (χ2n) is 4.92. The van der Waals surface area contributed by atoms with Crippen LogP contribution in [0.25, 0.3) is 0 Å². The zero-order valence-electron chi connectivity index (χ0n) is 11.8. The minimum absolute atomic E-state index is 0.138. The fourth-order valence-electron chi connectivity index (χ4n) is 1.97. The maximum atomic E-state index is 13.6. The van der Waals surface area contributed by atoms with Crippen LogP contribution in [0.15, 0.2) is 36.4 Å². The number of nitrogens with two attached hydrogens (primary N) is 1. The summed E-state index contributed by atoms with van der Waals surface area (Å²) in [5, 5.41) is 2.69. The lowest BCUT2D eigenvalue weighted by molar-refractivity contribution is 0.0939. The first-order chi connectivity index (χ1) is 9.88. The third kappa shape index (κ3) is 3.37. The molecule has 3 nitrogen and oxygen atoms in total. The highest BCUT2D eigenvalue weighted by Gasteiger charge is 2.14. The van der Waals surface area contributed by atoms with E-state index < -0.39 is 17.8 Å². The summed E-state index contributed by atoms with van der Waals surface area (Å²) in [5.74, 6) is -1.37. The van der Waals surface area contributed by atoms with Crippen molar-refractivity contribution >= 4 is 11.6 Å². The summed E-state index contributed by atoms with van der Waals surface area (Å²) in [6.07, 6.45) is 0. The average Bonchev–Trinajstić information content (AvgIpc) is 2.44. The van der Waals surface area contributed by atoms with E-state index in [4.69, 9.17) is 5.73 Å². The topological polar surface area (TPSA) is 55.1 Å². The summed E-state index contributed by atoms with van der Waals surface area (Å²) in [7, 11) is 0. The number of carbonyl (C=O) groups is 1. The van der Waals surface area contributed by atoms with E-state index in [9.17, 15) is 13.6 Å². The van der Waals surface area contributed by atoms with Gasteiger partial charge in [-0.05, 0) is 43.7 Å². The molecule has 2 aromatic rings. The highest BCUT2D eigenvalue weighted by atomic mass is 19.1. The SMILES string of the molecule is Cc1c(N)cc(C(=O)NC(C)c2cccc(F)c2)cc1F. The Kier molecular flexibility index (Phi) is 4.21. The number of halogens is 2. The molecule has 0 saturated heterocycles. The maximum Gasteiger partial charge on any atom is 0.251 e. The van der Waals surface area contributed by atoms with Crippen LogP contribution < -0.4 is 11.1 Å². The Morgan fingerprint density at radius 2 is 1.95 bits per heavy atom. The van der Waals surface area contributed by atoms with E-state index in [1.54, 1.807) is 26.0 Å². The van der Waals surface area contributed by atoms with Crippen LogP contribution in [-0.2, 0) is 0 Å². The van der Waals surface area contributed by atoms with E-state index in [0.29, 0.717) is 11.1 Å². The molecule has 5 heteroatoms. The molecule has 0 fully saturated rings. The van der Waals surface area contributed by atoms with Gasteiger partial charge in [0, 0.05) is 16.8 Å². The number of nitrogen functional groups attached to an aromatic ring is 1. The minimum atomic E-state index is -0.529. The first kappa shape index (κ1) is 15.0. The second-order valence-corrected chi connectivity index (χ2v) is 4.92. The van der Waals surface area contributed by atoms with E-state index in [2.05, 4.69) is 5.32 Å². The summed E-state index contributed by atoms with van der Waals surface area (Å²) < 4.78 is 26.8. The number of anilines is 1. The Morgan fingerprint density at radius 1 is 1.24 bits per heavy atom. The molecule has 21 heavy (non-hydrogen) atoms.